The van der Waals surface area contributed by atoms with Crippen LogP contribution in [0.5, 0.6) is 0 Å². The lowest BCUT2D eigenvalue weighted by Gasteiger charge is -2.36. The molecule has 0 aromatic rings. The summed E-state index contributed by atoms with van der Waals surface area (Å²) < 4.78 is -0.669. The van der Waals surface area contributed by atoms with Crippen molar-refractivity contribution >= 4 is 29.7 Å². The first-order valence-corrected chi connectivity index (χ1v) is 7.78. The zero-order valence-corrected chi connectivity index (χ0v) is 14.8. The predicted octanol–water partition coefficient (Wildman–Crippen LogP) is -3.16. The summed E-state index contributed by atoms with van der Waals surface area (Å²) in [5.41, 5.74) is 0. The quantitative estimate of drug-likeness (QED) is 0.0473. The number of quaternary nitrogens is 1. The average Bonchev–Trinajstić information content (AvgIpc) is 2.55. The number of aliphatic carboxylic acids is 3. The smallest absolute Gasteiger partial charge is 0.359 e. The van der Waals surface area contributed by atoms with Gasteiger partial charge in [0.15, 0.2) is 19.6 Å². The summed E-state index contributed by atoms with van der Waals surface area (Å²) in [6, 6.07) is 0. The number of carboxylic acids is 3. The van der Waals surface area contributed by atoms with E-state index in [2.05, 4.69) is 22.1 Å². The molecule has 0 bridgehead atoms. The van der Waals surface area contributed by atoms with Gasteiger partial charge in [-0.05, 0) is 6.58 Å². The minimum atomic E-state index is -1.35. The fourth-order valence-electron chi connectivity index (χ4n) is 2.26. The maximum Gasteiger partial charge on any atom is 0.359 e. The van der Waals surface area contributed by atoms with Gasteiger partial charge in [-0.15, -0.1) is 0 Å². The first kappa shape index (κ1) is 24.8. The monoisotopic (exact) mass is 407 g/mol. The summed E-state index contributed by atoms with van der Waals surface area (Å²) >= 11 is 0. The largest absolute Gasteiger partial charge is 0.480 e. The molecule has 7 N–H and O–H groups in total. The van der Waals surface area contributed by atoms with E-state index >= 15 is 0 Å². The molecule has 0 saturated carbocycles. The van der Waals surface area contributed by atoms with Crippen molar-refractivity contribution < 1.29 is 53.9 Å². The zero-order valence-electron chi connectivity index (χ0n) is 14.8. The van der Waals surface area contributed by atoms with Gasteiger partial charge in [-0.2, -0.15) is 0 Å². The molecule has 1 unspecified atom stereocenters. The molecular formula is C14H23N4O10+. The van der Waals surface area contributed by atoms with E-state index in [0.29, 0.717) is 0 Å². The van der Waals surface area contributed by atoms with Crippen LogP contribution in [-0.4, -0.2) is 101 Å². The Morgan fingerprint density at radius 2 is 1.43 bits per heavy atom. The molecule has 1 atom stereocenters. The van der Waals surface area contributed by atoms with Crippen LogP contribution in [0.4, 0.5) is 0 Å². The highest BCUT2D eigenvalue weighted by Gasteiger charge is 2.36. The van der Waals surface area contributed by atoms with E-state index in [1.807, 2.05) is 5.32 Å². The summed E-state index contributed by atoms with van der Waals surface area (Å²) in [4.78, 5) is 60.3. The Labute approximate surface area is 158 Å². The molecule has 158 valence electrons. The minimum absolute atomic E-state index is 0.0590. The zero-order chi connectivity index (χ0) is 21.7. The second-order valence-electron chi connectivity index (χ2n) is 5.74. The van der Waals surface area contributed by atoms with Crippen molar-refractivity contribution in [2.75, 3.05) is 45.8 Å². The molecule has 0 rings (SSSR count). The third-order valence-corrected chi connectivity index (χ3v) is 3.29. The van der Waals surface area contributed by atoms with Gasteiger partial charge >= 0.3 is 17.9 Å². The lowest BCUT2D eigenvalue weighted by Crippen LogP contribution is -2.61. The number of nitrogens with zero attached hydrogens (tertiary/aromatic N) is 1. The van der Waals surface area contributed by atoms with Crippen molar-refractivity contribution in [3.05, 3.63) is 12.5 Å². The second kappa shape index (κ2) is 12.2. The van der Waals surface area contributed by atoms with Crippen molar-refractivity contribution in [1.29, 1.82) is 0 Å². The Morgan fingerprint density at radius 3 is 1.93 bits per heavy atom. The Morgan fingerprint density at radius 1 is 0.857 bits per heavy atom. The number of hydrogen-bond acceptors (Lipinski definition) is 8. The highest BCUT2D eigenvalue weighted by molar-refractivity contribution is 5.83. The molecule has 0 aromatic carbocycles. The number of carbonyl (C=O) groups is 5. The van der Waals surface area contributed by atoms with E-state index < -0.39 is 72.8 Å². The maximum absolute atomic E-state index is 12.1. The van der Waals surface area contributed by atoms with Crippen LogP contribution in [0, 0.1) is 0 Å². The molecule has 14 nitrogen and oxygen atoms in total. The Balaban J connectivity index is 5.39. The van der Waals surface area contributed by atoms with Gasteiger partial charge in [0.2, 0.25) is 5.88 Å². The highest BCUT2D eigenvalue weighted by atomic mass is 17.1. The fraction of sp³-hybridized carbons (Fsp3) is 0.500. The van der Waals surface area contributed by atoms with Crippen molar-refractivity contribution in [2.45, 2.75) is 0 Å². The molecular weight excluding hydrogens is 384 g/mol. The predicted molar refractivity (Wildman–Crippen MR) is 89.5 cm³/mol. The molecule has 2 amide bonds. The standard InChI is InChI=1S/C14H22N4O10/c1-9(28-27)17-11(20)7-18(8-14(25)26,3-2-15-4-12(21)22)6-10(19)16-5-13(23)24/h15H,1-8H2,(H5-,16,17,19,20,21,22,23,24,25,26,27)/p+1. The molecule has 0 aliphatic carbocycles. The number of carboxylic acid groups (broad SMARTS) is 3. The summed E-state index contributed by atoms with van der Waals surface area (Å²) in [5.74, 6) is -6.03. The molecule has 0 heterocycles. The van der Waals surface area contributed by atoms with Crippen molar-refractivity contribution in [3.8, 4) is 0 Å². The summed E-state index contributed by atoms with van der Waals surface area (Å²) in [7, 11) is 0. The van der Waals surface area contributed by atoms with E-state index in [1.165, 1.54) is 0 Å². The molecule has 14 heteroatoms. The molecule has 0 radical (unpaired) electrons. The number of nitrogens with one attached hydrogen (secondary N) is 3. The Kier molecular flexibility index (Phi) is 10.8. The molecule has 0 aliphatic heterocycles. The van der Waals surface area contributed by atoms with Crippen LogP contribution in [0.1, 0.15) is 0 Å². The van der Waals surface area contributed by atoms with Crippen molar-refractivity contribution in [1.82, 2.24) is 16.0 Å². The lowest BCUT2D eigenvalue weighted by molar-refractivity contribution is -0.905. The van der Waals surface area contributed by atoms with Gasteiger partial charge in [0.1, 0.15) is 6.54 Å². The van der Waals surface area contributed by atoms with Crippen LogP contribution in [-0.2, 0) is 28.9 Å². The van der Waals surface area contributed by atoms with Crippen LogP contribution in [0.15, 0.2) is 12.5 Å². The van der Waals surface area contributed by atoms with Crippen LogP contribution in [0.25, 0.3) is 0 Å². The molecule has 0 spiro atoms. The van der Waals surface area contributed by atoms with E-state index in [-0.39, 0.29) is 13.1 Å². The van der Waals surface area contributed by atoms with Gasteiger partial charge in [-0.1, -0.05) is 0 Å². The lowest BCUT2D eigenvalue weighted by atomic mass is 10.2. The maximum atomic E-state index is 12.1. The van der Waals surface area contributed by atoms with Gasteiger partial charge in [-0.3, -0.25) is 29.0 Å². The van der Waals surface area contributed by atoms with Crippen LogP contribution in [0.3, 0.4) is 0 Å². The number of amides is 2. The number of rotatable bonds is 15. The minimum Gasteiger partial charge on any atom is -0.480 e. The first-order valence-electron chi connectivity index (χ1n) is 7.78. The van der Waals surface area contributed by atoms with Crippen LogP contribution >= 0.6 is 0 Å². The topological polar surface area (TPSA) is 212 Å². The second-order valence-corrected chi connectivity index (χ2v) is 5.74. The third-order valence-electron chi connectivity index (χ3n) is 3.29. The van der Waals surface area contributed by atoms with Gasteiger partial charge in [-0.25, -0.2) is 10.1 Å². The highest BCUT2D eigenvalue weighted by Crippen LogP contribution is 2.07. The Bertz CT molecular complexity index is 623. The van der Waals surface area contributed by atoms with Gasteiger partial charge in [0.05, 0.1) is 13.1 Å². The van der Waals surface area contributed by atoms with Crippen molar-refractivity contribution in [3.63, 3.8) is 0 Å². The van der Waals surface area contributed by atoms with Gasteiger partial charge in [0.25, 0.3) is 11.8 Å². The average molecular weight is 407 g/mol. The SMILES string of the molecule is C=C(NC(=O)C[N+](CCNCC(=O)O)(CC(=O)O)CC(=O)NCC(=O)O)OO. The van der Waals surface area contributed by atoms with E-state index in [0.717, 1.165) is 0 Å². The summed E-state index contributed by atoms with van der Waals surface area (Å²) in [6.45, 7) is -0.0414. The van der Waals surface area contributed by atoms with Crippen LogP contribution < -0.4 is 16.0 Å². The molecule has 0 aromatic heterocycles. The van der Waals surface area contributed by atoms with Crippen LogP contribution in [0.2, 0.25) is 0 Å². The molecule has 0 aliphatic rings. The molecule has 28 heavy (non-hydrogen) atoms. The number of hydrogen-bond donors (Lipinski definition) is 7. The van der Waals surface area contributed by atoms with E-state index in [4.69, 9.17) is 15.5 Å². The third kappa shape index (κ3) is 11.4. The fourth-order valence-corrected chi connectivity index (χ4v) is 2.26. The van der Waals surface area contributed by atoms with E-state index in [1.54, 1.807) is 0 Å². The van der Waals surface area contributed by atoms with Gasteiger partial charge < -0.3 is 30.8 Å². The van der Waals surface area contributed by atoms with Crippen molar-refractivity contribution in [2.24, 2.45) is 0 Å². The summed E-state index contributed by atoms with van der Waals surface area (Å²) in [6.07, 6.45) is 0. The van der Waals surface area contributed by atoms with E-state index in [9.17, 15) is 29.1 Å². The normalized spacial score (nSPS) is 12.3. The molecule has 0 saturated heterocycles. The van der Waals surface area contributed by atoms with Gasteiger partial charge in [0, 0.05) is 6.54 Å². The number of carbonyl (C=O) groups excluding carboxylic acids is 2. The summed E-state index contributed by atoms with van der Waals surface area (Å²) in [5, 5.41) is 41.5. The Hall–Kier alpha value is -3.23. The first-order chi connectivity index (χ1) is 13.0. The molecule has 0 fully saturated rings.